The molecule has 2 amide bonds. The van der Waals surface area contributed by atoms with Gasteiger partial charge in [0.25, 0.3) is 0 Å². The Labute approximate surface area is 137 Å². The summed E-state index contributed by atoms with van der Waals surface area (Å²) in [7, 11) is 0. The number of hydrogen-bond acceptors (Lipinski definition) is 3. The lowest BCUT2D eigenvalue weighted by Crippen LogP contribution is -2.54. The molecule has 1 aromatic heterocycles. The number of ether oxygens (including phenoxy) is 1. The predicted octanol–water partition coefficient (Wildman–Crippen LogP) is 3.87. The van der Waals surface area contributed by atoms with Crippen molar-refractivity contribution in [2.45, 2.75) is 58.8 Å². The molecule has 0 saturated carbocycles. The van der Waals surface area contributed by atoms with E-state index in [1.807, 2.05) is 22.4 Å². The van der Waals surface area contributed by atoms with Gasteiger partial charge in [-0.15, -0.1) is 11.3 Å². The molecule has 0 radical (unpaired) electrons. The highest BCUT2D eigenvalue weighted by molar-refractivity contribution is 7.09. The Morgan fingerprint density at radius 1 is 1.50 bits per heavy atom. The normalized spacial score (nSPS) is 22.1. The van der Waals surface area contributed by atoms with Gasteiger partial charge in [-0.25, -0.2) is 4.79 Å². The van der Waals surface area contributed by atoms with Crippen LogP contribution < -0.4 is 5.32 Å². The van der Waals surface area contributed by atoms with Gasteiger partial charge in [-0.05, 0) is 23.8 Å². The maximum Gasteiger partial charge on any atom is 0.317 e. The van der Waals surface area contributed by atoms with E-state index in [4.69, 9.17) is 4.74 Å². The molecule has 2 rings (SSSR count). The van der Waals surface area contributed by atoms with Gasteiger partial charge in [0.1, 0.15) is 0 Å². The van der Waals surface area contributed by atoms with E-state index in [9.17, 15) is 4.79 Å². The first-order valence-electron chi connectivity index (χ1n) is 8.30. The number of amides is 2. The average Bonchev–Trinajstić information content (AvgIpc) is 3.03. The molecule has 0 aromatic carbocycles. The van der Waals surface area contributed by atoms with E-state index in [1.54, 1.807) is 11.3 Å². The zero-order valence-corrected chi connectivity index (χ0v) is 14.7. The van der Waals surface area contributed by atoms with Crippen LogP contribution >= 0.6 is 11.3 Å². The number of nitrogens with one attached hydrogen (secondary N) is 1. The summed E-state index contributed by atoms with van der Waals surface area (Å²) in [6.45, 7) is 8.52. The Balaban J connectivity index is 1.90. The third kappa shape index (κ3) is 4.99. The fraction of sp³-hybridized carbons (Fsp3) is 0.706. The number of unbranched alkanes of at least 4 members (excludes halogenated alkanes) is 1. The first-order valence-corrected chi connectivity index (χ1v) is 9.18. The van der Waals surface area contributed by atoms with Crippen molar-refractivity contribution < 1.29 is 9.53 Å². The third-order valence-electron chi connectivity index (χ3n) is 4.10. The molecule has 2 atom stereocenters. The van der Waals surface area contributed by atoms with Gasteiger partial charge in [-0.3, -0.25) is 0 Å². The van der Waals surface area contributed by atoms with E-state index in [1.165, 1.54) is 4.88 Å². The maximum atomic E-state index is 12.4. The molecule has 0 aliphatic carbocycles. The number of morpholine rings is 1. The smallest absolute Gasteiger partial charge is 0.317 e. The zero-order chi connectivity index (χ0) is 15.9. The molecule has 1 aromatic rings. The zero-order valence-electron chi connectivity index (χ0n) is 13.9. The van der Waals surface area contributed by atoms with Crippen molar-refractivity contribution in [2.24, 2.45) is 5.92 Å². The Morgan fingerprint density at radius 3 is 2.95 bits per heavy atom. The van der Waals surface area contributed by atoms with Crippen molar-refractivity contribution in [3.05, 3.63) is 22.4 Å². The van der Waals surface area contributed by atoms with Gasteiger partial charge >= 0.3 is 6.03 Å². The molecular weight excluding hydrogens is 296 g/mol. The highest BCUT2D eigenvalue weighted by Gasteiger charge is 2.31. The molecule has 2 heterocycles. The summed E-state index contributed by atoms with van der Waals surface area (Å²) in [5.41, 5.74) is 0. The standard InChI is InChI=1S/C17H28N2O2S/c1-4-5-7-14-11-19(12-16(21-14)13(2)3)17(20)18-10-15-8-6-9-22-15/h6,8-9,13-14,16H,4-5,7,10-12H2,1-3H3,(H,18,20)/t14-,16-/m1/s1. The lowest BCUT2D eigenvalue weighted by atomic mass is 10.0. The Bertz CT molecular complexity index is 448. The summed E-state index contributed by atoms with van der Waals surface area (Å²) < 4.78 is 6.16. The summed E-state index contributed by atoms with van der Waals surface area (Å²) in [4.78, 5) is 15.6. The van der Waals surface area contributed by atoms with Gasteiger partial charge in [0.2, 0.25) is 0 Å². The second-order valence-electron chi connectivity index (χ2n) is 6.33. The fourth-order valence-electron chi connectivity index (χ4n) is 2.68. The van der Waals surface area contributed by atoms with E-state index in [-0.39, 0.29) is 18.2 Å². The molecule has 1 fully saturated rings. The topological polar surface area (TPSA) is 41.6 Å². The number of carbonyl (C=O) groups is 1. The van der Waals surface area contributed by atoms with E-state index in [0.717, 1.165) is 19.3 Å². The number of hydrogen-bond donors (Lipinski definition) is 1. The van der Waals surface area contributed by atoms with Crippen LogP contribution in [0.1, 0.15) is 44.9 Å². The monoisotopic (exact) mass is 324 g/mol. The molecular formula is C17H28N2O2S. The molecule has 5 heteroatoms. The molecule has 4 nitrogen and oxygen atoms in total. The minimum atomic E-state index is 0.0313. The Hall–Kier alpha value is -1.07. The van der Waals surface area contributed by atoms with Gasteiger partial charge < -0.3 is 15.0 Å². The van der Waals surface area contributed by atoms with Crippen molar-refractivity contribution in [3.63, 3.8) is 0 Å². The number of urea groups is 1. The van der Waals surface area contributed by atoms with Crippen molar-refractivity contribution in [3.8, 4) is 0 Å². The first kappa shape index (κ1) is 17.3. The lowest BCUT2D eigenvalue weighted by Gasteiger charge is -2.39. The summed E-state index contributed by atoms with van der Waals surface area (Å²) in [5, 5.41) is 5.07. The molecule has 0 spiro atoms. The fourth-order valence-corrected chi connectivity index (χ4v) is 3.33. The first-order chi connectivity index (χ1) is 10.6. The molecule has 1 aliphatic heterocycles. The molecule has 22 heavy (non-hydrogen) atoms. The molecule has 0 unspecified atom stereocenters. The largest absolute Gasteiger partial charge is 0.371 e. The van der Waals surface area contributed by atoms with Crippen LogP contribution in [-0.2, 0) is 11.3 Å². The second-order valence-corrected chi connectivity index (χ2v) is 7.36. The highest BCUT2D eigenvalue weighted by atomic mass is 32.1. The molecule has 1 aliphatic rings. The minimum absolute atomic E-state index is 0.0313. The predicted molar refractivity (Wildman–Crippen MR) is 91.2 cm³/mol. The number of thiophene rings is 1. The molecule has 124 valence electrons. The minimum Gasteiger partial charge on any atom is -0.371 e. The van der Waals surface area contributed by atoms with Gasteiger partial charge in [0.05, 0.1) is 18.8 Å². The summed E-state index contributed by atoms with van der Waals surface area (Å²) >= 11 is 1.67. The van der Waals surface area contributed by atoms with Gasteiger partial charge in [-0.2, -0.15) is 0 Å². The third-order valence-corrected chi connectivity index (χ3v) is 4.97. The van der Waals surface area contributed by atoms with E-state index < -0.39 is 0 Å². The molecule has 0 bridgehead atoms. The SMILES string of the molecule is CCCC[C@@H]1CN(C(=O)NCc2cccs2)C[C@H](C(C)C)O1. The van der Waals surface area contributed by atoms with Crippen LogP contribution in [0.3, 0.4) is 0 Å². The van der Waals surface area contributed by atoms with Crippen molar-refractivity contribution in [2.75, 3.05) is 13.1 Å². The van der Waals surface area contributed by atoms with E-state index in [2.05, 4.69) is 26.1 Å². The molecule has 1 saturated heterocycles. The Kier molecular flexibility index (Phi) is 6.70. The maximum absolute atomic E-state index is 12.4. The number of rotatable bonds is 6. The summed E-state index contributed by atoms with van der Waals surface area (Å²) in [6.07, 6.45) is 3.67. The average molecular weight is 324 g/mol. The van der Waals surface area contributed by atoms with Gasteiger partial charge in [0.15, 0.2) is 0 Å². The van der Waals surface area contributed by atoms with Crippen LogP contribution in [0.25, 0.3) is 0 Å². The van der Waals surface area contributed by atoms with E-state index >= 15 is 0 Å². The summed E-state index contributed by atoms with van der Waals surface area (Å²) in [5.74, 6) is 0.428. The van der Waals surface area contributed by atoms with Gasteiger partial charge in [0, 0.05) is 18.0 Å². The Morgan fingerprint density at radius 2 is 2.32 bits per heavy atom. The van der Waals surface area contributed by atoms with Gasteiger partial charge in [-0.1, -0.05) is 39.7 Å². The van der Waals surface area contributed by atoms with Crippen LogP contribution in [0, 0.1) is 5.92 Å². The van der Waals surface area contributed by atoms with Crippen LogP contribution in [0.15, 0.2) is 17.5 Å². The van der Waals surface area contributed by atoms with Crippen molar-refractivity contribution in [1.29, 1.82) is 0 Å². The van der Waals surface area contributed by atoms with Crippen LogP contribution in [0.4, 0.5) is 4.79 Å². The van der Waals surface area contributed by atoms with Crippen molar-refractivity contribution >= 4 is 17.4 Å². The number of nitrogens with zero attached hydrogens (tertiary/aromatic N) is 1. The van der Waals surface area contributed by atoms with Crippen LogP contribution in [-0.4, -0.2) is 36.2 Å². The number of carbonyl (C=O) groups excluding carboxylic acids is 1. The lowest BCUT2D eigenvalue weighted by molar-refractivity contribution is -0.0940. The van der Waals surface area contributed by atoms with Crippen LogP contribution in [0.2, 0.25) is 0 Å². The van der Waals surface area contributed by atoms with Crippen molar-refractivity contribution in [1.82, 2.24) is 10.2 Å². The van der Waals surface area contributed by atoms with Crippen LogP contribution in [0.5, 0.6) is 0 Å². The van der Waals surface area contributed by atoms with E-state index in [0.29, 0.717) is 25.6 Å². The second kappa shape index (κ2) is 8.53. The molecule has 1 N–H and O–H groups in total. The highest BCUT2D eigenvalue weighted by Crippen LogP contribution is 2.21. The summed E-state index contributed by atoms with van der Waals surface area (Å²) in [6, 6.07) is 4.09. The quantitative estimate of drug-likeness (QED) is 0.863.